The molecule has 78 valence electrons. The normalized spacial score (nSPS) is 13.4. The fourth-order valence-electron chi connectivity index (χ4n) is 0.910. The van der Waals surface area contributed by atoms with Crippen LogP contribution >= 0.6 is 0 Å². The van der Waals surface area contributed by atoms with Gasteiger partial charge in [-0.2, -0.15) is 0 Å². The molecule has 14 heavy (non-hydrogen) atoms. The third-order valence-corrected chi connectivity index (χ3v) is 1.75. The van der Waals surface area contributed by atoms with Gasteiger partial charge in [-0.15, -0.1) is 0 Å². The van der Waals surface area contributed by atoms with Gasteiger partial charge in [0, 0.05) is 0 Å². The van der Waals surface area contributed by atoms with Gasteiger partial charge >= 0.3 is 11.9 Å². The van der Waals surface area contributed by atoms with Crippen molar-refractivity contribution in [2.75, 3.05) is 13.2 Å². The average molecular weight is 198 g/mol. The van der Waals surface area contributed by atoms with E-state index in [0.29, 0.717) is 0 Å². The molecule has 0 aromatic rings. The van der Waals surface area contributed by atoms with E-state index in [4.69, 9.17) is 4.74 Å². The Morgan fingerprint density at radius 1 is 1.29 bits per heavy atom. The van der Waals surface area contributed by atoms with Gasteiger partial charge in [0.05, 0.1) is 6.61 Å². The summed E-state index contributed by atoms with van der Waals surface area (Å²) in [6, 6.07) is 0. The molecular weight excluding hydrogens is 184 g/mol. The van der Waals surface area contributed by atoms with Crippen molar-refractivity contribution in [3.63, 3.8) is 0 Å². The monoisotopic (exact) mass is 198 g/mol. The van der Waals surface area contributed by atoms with Gasteiger partial charge in [0.2, 0.25) is 0 Å². The first-order chi connectivity index (χ1) is 6.72. The van der Waals surface area contributed by atoms with Gasteiger partial charge in [-0.3, -0.25) is 9.59 Å². The predicted octanol–water partition coefficient (Wildman–Crippen LogP) is 1.20. The van der Waals surface area contributed by atoms with E-state index in [2.05, 4.69) is 4.74 Å². The number of esters is 2. The fourth-order valence-corrected chi connectivity index (χ4v) is 0.910. The van der Waals surface area contributed by atoms with Crippen molar-refractivity contribution in [1.82, 2.24) is 0 Å². The number of rotatable bonds is 5. The van der Waals surface area contributed by atoms with Crippen LogP contribution in [0.3, 0.4) is 0 Å². The number of carbonyl (C=O) groups is 2. The van der Waals surface area contributed by atoms with Crippen LogP contribution in [0.2, 0.25) is 0 Å². The lowest BCUT2D eigenvalue weighted by Gasteiger charge is -2.01. The zero-order chi connectivity index (χ0) is 10.4. The van der Waals surface area contributed by atoms with Crippen LogP contribution in [0.15, 0.2) is 11.6 Å². The molecule has 4 nitrogen and oxygen atoms in total. The minimum atomic E-state index is -0.531. The number of ether oxygens (including phenoxy) is 2. The Kier molecular flexibility index (Phi) is 4.16. The minimum Gasteiger partial charge on any atom is -0.466 e. The second kappa shape index (κ2) is 5.42. The van der Waals surface area contributed by atoms with Crippen LogP contribution < -0.4 is 0 Å². The Hall–Kier alpha value is -1.32. The van der Waals surface area contributed by atoms with E-state index in [-0.39, 0.29) is 19.6 Å². The van der Waals surface area contributed by atoms with Crippen LogP contribution in [0.5, 0.6) is 0 Å². The van der Waals surface area contributed by atoms with Crippen molar-refractivity contribution in [3.8, 4) is 0 Å². The second-order valence-corrected chi connectivity index (χ2v) is 3.03. The summed E-state index contributed by atoms with van der Waals surface area (Å²) in [4.78, 5) is 21.8. The molecule has 0 atom stereocenters. The highest BCUT2D eigenvalue weighted by atomic mass is 16.6. The van der Waals surface area contributed by atoms with Crippen LogP contribution in [0, 0.1) is 0 Å². The topological polar surface area (TPSA) is 52.6 Å². The van der Waals surface area contributed by atoms with Gasteiger partial charge in [-0.25, -0.2) is 0 Å². The second-order valence-electron chi connectivity index (χ2n) is 3.03. The molecule has 0 aromatic heterocycles. The summed E-state index contributed by atoms with van der Waals surface area (Å²) < 4.78 is 9.39. The Labute approximate surface area is 82.9 Å². The Morgan fingerprint density at radius 3 is 2.50 bits per heavy atom. The standard InChI is InChI=1S/C10H14O4/c1-2-13-9(11)7-10(12)14-6-5-8-3-4-8/h5H,2-4,6-7H2,1H3. The molecule has 1 saturated carbocycles. The molecule has 0 bridgehead atoms. The van der Waals surface area contributed by atoms with E-state index in [1.54, 1.807) is 6.92 Å². The summed E-state index contributed by atoms with van der Waals surface area (Å²) in [5, 5.41) is 0. The van der Waals surface area contributed by atoms with Gasteiger partial charge in [-0.05, 0) is 25.8 Å². The van der Waals surface area contributed by atoms with Crippen molar-refractivity contribution in [1.29, 1.82) is 0 Å². The Balaban J connectivity index is 2.08. The summed E-state index contributed by atoms with van der Waals surface area (Å²) >= 11 is 0. The molecule has 4 heteroatoms. The van der Waals surface area contributed by atoms with Crippen LogP contribution in [-0.2, 0) is 19.1 Å². The molecule has 0 radical (unpaired) electrons. The number of hydrogen-bond donors (Lipinski definition) is 0. The largest absolute Gasteiger partial charge is 0.466 e. The zero-order valence-electron chi connectivity index (χ0n) is 8.25. The van der Waals surface area contributed by atoms with E-state index < -0.39 is 11.9 Å². The van der Waals surface area contributed by atoms with Crippen LogP contribution in [0.25, 0.3) is 0 Å². The molecule has 1 aliphatic rings. The maximum atomic E-state index is 11.0. The predicted molar refractivity (Wildman–Crippen MR) is 49.5 cm³/mol. The lowest BCUT2D eigenvalue weighted by molar-refractivity contribution is -0.153. The third kappa shape index (κ3) is 4.64. The molecular formula is C10H14O4. The van der Waals surface area contributed by atoms with Crippen molar-refractivity contribution in [2.24, 2.45) is 0 Å². The van der Waals surface area contributed by atoms with Crippen molar-refractivity contribution < 1.29 is 19.1 Å². The Bertz CT molecular complexity index is 249. The summed E-state index contributed by atoms with van der Waals surface area (Å²) in [5.74, 6) is -1.06. The fraction of sp³-hybridized carbons (Fsp3) is 0.600. The van der Waals surface area contributed by atoms with Crippen molar-refractivity contribution >= 4 is 11.9 Å². The lowest BCUT2D eigenvalue weighted by Crippen LogP contribution is -2.13. The third-order valence-electron chi connectivity index (χ3n) is 1.75. The molecule has 0 saturated heterocycles. The first kappa shape index (κ1) is 10.8. The number of carbonyl (C=O) groups excluding carboxylic acids is 2. The zero-order valence-corrected chi connectivity index (χ0v) is 8.25. The van der Waals surface area contributed by atoms with Gasteiger partial charge in [0.25, 0.3) is 0 Å². The first-order valence-electron chi connectivity index (χ1n) is 4.71. The van der Waals surface area contributed by atoms with Crippen molar-refractivity contribution in [2.45, 2.75) is 26.2 Å². The average Bonchev–Trinajstić information content (AvgIpc) is 2.88. The highest BCUT2D eigenvalue weighted by molar-refractivity contribution is 5.91. The molecule has 0 spiro atoms. The molecule has 1 aliphatic carbocycles. The highest BCUT2D eigenvalue weighted by Gasteiger charge is 2.12. The molecule has 0 aromatic carbocycles. The number of allylic oxidation sites excluding steroid dienone is 1. The van der Waals surface area contributed by atoms with Gasteiger partial charge in [0.1, 0.15) is 13.0 Å². The summed E-state index contributed by atoms with van der Waals surface area (Å²) in [6.07, 6.45) is 3.80. The molecule has 0 amide bonds. The van der Waals surface area contributed by atoms with Gasteiger partial charge in [0.15, 0.2) is 0 Å². The maximum absolute atomic E-state index is 11.0. The summed E-state index contributed by atoms with van der Waals surface area (Å²) in [6.45, 7) is 2.25. The highest BCUT2D eigenvalue weighted by Crippen LogP contribution is 2.26. The Morgan fingerprint density at radius 2 is 1.93 bits per heavy atom. The summed E-state index contributed by atoms with van der Waals surface area (Å²) in [5.41, 5.74) is 1.31. The van der Waals surface area contributed by atoms with Crippen LogP contribution in [-0.4, -0.2) is 25.2 Å². The van der Waals surface area contributed by atoms with Gasteiger partial charge in [-0.1, -0.05) is 5.57 Å². The van der Waals surface area contributed by atoms with E-state index in [1.807, 2.05) is 6.08 Å². The maximum Gasteiger partial charge on any atom is 0.317 e. The number of hydrogen-bond acceptors (Lipinski definition) is 4. The minimum absolute atomic E-state index is 0.271. The molecule has 0 N–H and O–H groups in total. The molecule has 0 unspecified atom stereocenters. The molecule has 0 heterocycles. The van der Waals surface area contributed by atoms with Crippen LogP contribution in [0.4, 0.5) is 0 Å². The molecule has 0 aliphatic heterocycles. The smallest absolute Gasteiger partial charge is 0.317 e. The molecule has 1 rings (SSSR count). The molecule has 1 fully saturated rings. The lowest BCUT2D eigenvalue weighted by atomic mass is 10.4. The van der Waals surface area contributed by atoms with Gasteiger partial charge < -0.3 is 9.47 Å². The summed E-state index contributed by atoms with van der Waals surface area (Å²) in [7, 11) is 0. The van der Waals surface area contributed by atoms with E-state index >= 15 is 0 Å². The van der Waals surface area contributed by atoms with E-state index in [0.717, 1.165) is 12.8 Å². The SMILES string of the molecule is CCOC(=O)CC(=O)OCC=C1CC1. The quantitative estimate of drug-likeness (QED) is 0.378. The van der Waals surface area contributed by atoms with Crippen LogP contribution in [0.1, 0.15) is 26.2 Å². The van der Waals surface area contributed by atoms with Crippen molar-refractivity contribution in [3.05, 3.63) is 11.6 Å². The first-order valence-corrected chi connectivity index (χ1v) is 4.71. The van der Waals surface area contributed by atoms with E-state index in [9.17, 15) is 9.59 Å². The van der Waals surface area contributed by atoms with E-state index in [1.165, 1.54) is 5.57 Å².